The van der Waals surface area contributed by atoms with Gasteiger partial charge in [-0.2, -0.15) is 21.8 Å². The summed E-state index contributed by atoms with van der Waals surface area (Å²) in [6, 6.07) is 4.19. The first-order valence-electron chi connectivity index (χ1n) is 14.2. The molecule has 14 heteroatoms. The number of pyridine rings is 1. The molecule has 3 aromatic heterocycles. The van der Waals surface area contributed by atoms with Crippen molar-refractivity contribution in [1.29, 1.82) is 0 Å². The lowest BCUT2D eigenvalue weighted by Crippen LogP contribution is -2.55. The van der Waals surface area contributed by atoms with Crippen molar-refractivity contribution in [2.24, 2.45) is 5.92 Å². The van der Waals surface area contributed by atoms with Crippen molar-refractivity contribution in [2.75, 3.05) is 68.5 Å². The van der Waals surface area contributed by atoms with E-state index in [0.29, 0.717) is 11.9 Å². The number of amides is 2. The number of thioether (sulfide) groups is 1. The van der Waals surface area contributed by atoms with Gasteiger partial charge in [0.1, 0.15) is 6.54 Å². The lowest BCUT2D eigenvalue weighted by molar-refractivity contribution is -0.138. The normalized spacial score (nSPS) is 22.1. The molecule has 220 valence electrons. The quantitative estimate of drug-likeness (QED) is 0.217. The van der Waals surface area contributed by atoms with Gasteiger partial charge in [0.25, 0.3) is 0 Å². The van der Waals surface area contributed by atoms with Crippen LogP contribution in [-0.2, 0) is 16.1 Å². The highest BCUT2D eigenvalue weighted by Gasteiger charge is 2.39. The predicted molar refractivity (Wildman–Crippen MR) is 169 cm³/mol. The van der Waals surface area contributed by atoms with E-state index in [4.69, 9.17) is 4.98 Å². The monoisotopic (exact) mass is 692 g/mol. The average Bonchev–Trinajstić information content (AvgIpc) is 3.54. The topological polar surface area (TPSA) is 107 Å². The smallest absolute Gasteiger partial charge is 0.247 e. The largest absolute Gasteiger partial charge is 0.369 e. The number of nitrogens with one attached hydrogen (secondary N) is 1. The molecule has 41 heavy (non-hydrogen) atoms. The summed E-state index contributed by atoms with van der Waals surface area (Å²) < 4.78 is 3.67. The van der Waals surface area contributed by atoms with Gasteiger partial charge in [-0.25, -0.2) is 4.52 Å². The third-order valence-corrected chi connectivity index (χ3v) is 10.7. The number of anilines is 3. The molecule has 0 aliphatic carbocycles. The SMILES string of the molecule is CN1CCN(C(=O)Cn2cc(Nc3nc4c(N(C)CC5CCCC(I)N5C(=O)C5CSC5)cccn4n3)cn2)CC1. The van der Waals surface area contributed by atoms with E-state index >= 15 is 0 Å². The highest BCUT2D eigenvalue weighted by molar-refractivity contribution is 14.1. The maximum Gasteiger partial charge on any atom is 0.247 e. The van der Waals surface area contributed by atoms with Crippen LogP contribution in [0.5, 0.6) is 0 Å². The Morgan fingerprint density at radius 1 is 1.20 bits per heavy atom. The highest BCUT2D eigenvalue weighted by atomic mass is 127. The highest BCUT2D eigenvalue weighted by Crippen LogP contribution is 2.34. The molecule has 12 nitrogen and oxygen atoms in total. The van der Waals surface area contributed by atoms with Crippen LogP contribution < -0.4 is 10.2 Å². The van der Waals surface area contributed by atoms with Gasteiger partial charge in [0.2, 0.25) is 17.8 Å². The van der Waals surface area contributed by atoms with E-state index in [1.165, 1.54) is 0 Å². The number of aromatic nitrogens is 5. The Labute approximate surface area is 257 Å². The van der Waals surface area contributed by atoms with Gasteiger partial charge in [0.15, 0.2) is 5.65 Å². The third kappa shape index (κ3) is 6.28. The van der Waals surface area contributed by atoms with Crippen molar-refractivity contribution in [3.8, 4) is 0 Å². The predicted octanol–water partition coefficient (Wildman–Crippen LogP) is 2.38. The second-order valence-electron chi connectivity index (χ2n) is 11.2. The van der Waals surface area contributed by atoms with Crippen molar-refractivity contribution in [1.82, 2.24) is 39.1 Å². The van der Waals surface area contributed by atoms with Crippen LogP contribution in [0.2, 0.25) is 0 Å². The minimum atomic E-state index is 0.0741. The molecule has 3 aromatic rings. The van der Waals surface area contributed by atoms with Crippen molar-refractivity contribution in [2.45, 2.75) is 35.9 Å². The zero-order valence-electron chi connectivity index (χ0n) is 23.5. The van der Waals surface area contributed by atoms with Crippen LogP contribution in [-0.4, -0.2) is 119 Å². The molecule has 0 radical (unpaired) electrons. The molecule has 2 unspecified atom stereocenters. The molecule has 3 aliphatic rings. The number of carbonyl (C=O) groups excluding carboxylic acids is 2. The van der Waals surface area contributed by atoms with Gasteiger partial charge in [-0.05, 0) is 38.4 Å². The van der Waals surface area contributed by atoms with E-state index in [1.807, 2.05) is 35.1 Å². The van der Waals surface area contributed by atoms with E-state index in [-0.39, 0.29) is 28.5 Å². The minimum Gasteiger partial charge on any atom is -0.369 e. The van der Waals surface area contributed by atoms with Crippen LogP contribution in [0.4, 0.5) is 17.3 Å². The minimum absolute atomic E-state index is 0.0741. The van der Waals surface area contributed by atoms with Gasteiger partial charge < -0.3 is 24.9 Å². The van der Waals surface area contributed by atoms with Crippen molar-refractivity contribution < 1.29 is 9.59 Å². The summed E-state index contributed by atoms with van der Waals surface area (Å²) in [5.41, 5.74) is 2.43. The molecule has 1 N–H and O–H groups in total. The summed E-state index contributed by atoms with van der Waals surface area (Å²) in [4.78, 5) is 39.3. The summed E-state index contributed by atoms with van der Waals surface area (Å²) >= 11 is 4.30. The Morgan fingerprint density at radius 3 is 2.76 bits per heavy atom. The lowest BCUT2D eigenvalue weighted by Gasteiger charge is -2.44. The fourth-order valence-electron chi connectivity index (χ4n) is 5.71. The first kappa shape index (κ1) is 28.5. The van der Waals surface area contributed by atoms with Crippen LogP contribution in [0.1, 0.15) is 19.3 Å². The standard InChI is InChI=1S/C27H37IN10O2S/c1-33-9-11-35(12-10-33)24(39)16-36-14-20(13-29-36)30-27-31-25-22(6-4-8-37(25)32-27)34(2)15-21-5-3-7-23(28)38(21)26(40)19-17-41-18-19/h4,6,8,13-14,19,21,23H,3,5,7,9-12,15-18H2,1-2H3,(H,30,32). The van der Waals surface area contributed by atoms with Gasteiger partial charge in [-0.15, -0.1) is 5.10 Å². The number of nitrogens with zero attached hydrogens (tertiary/aromatic N) is 9. The molecule has 6 heterocycles. The molecule has 2 amide bonds. The van der Waals surface area contributed by atoms with E-state index in [2.05, 4.69) is 73.0 Å². The van der Waals surface area contributed by atoms with E-state index in [9.17, 15) is 9.59 Å². The first-order chi connectivity index (χ1) is 19.9. The molecule has 3 aliphatic heterocycles. The lowest BCUT2D eigenvalue weighted by atomic mass is 9.99. The summed E-state index contributed by atoms with van der Waals surface area (Å²) in [7, 11) is 4.14. The molecule has 3 saturated heterocycles. The number of carbonyl (C=O) groups is 2. The number of hydrogen-bond acceptors (Lipinski definition) is 9. The Balaban J connectivity index is 1.12. The fraction of sp³-hybridized carbons (Fsp3) is 0.593. The molecular formula is C27H37IN10O2S. The van der Waals surface area contributed by atoms with Crippen LogP contribution in [0.3, 0.4) is 0 Å². The number of fused-ring (bicyclic) bond motifs is 1. The van der Waals surface area contributed by atoms with Crippen LogP contribution in [0.15, 0.2) is 30.7 Å². The van der Waals surface area contributed by atoms with E-state index < -0.39 is 0 Å². The van der Waals surface area contributed by atoms with Gasteiger partial charge in [-0.1, -0.05) is 22.6 Å². The summed E-state index contributed by atoms with van der Waals surface area (Å²) in [5, 5.41) is 12.2. The molecule has 0 spiro atoms. The molecule has 0 aromatic carbocycles. The summed E-state index contributed by atoms with van der Waals surface area (Å²) in [5.74, 6) is 2.92. The first-order valence-corrected chi connectivity index (χ1v) is 16.6. The van der Waals surface area contributed by atoms with Gasteiger partial charge >= 0.3 is 0 Å². The molecule has 3 fully saturated rings. The number of alkyl halides is 1. The second-order valence-corrected chi connectivity index (χ2v) is 13.7. The number of rotatable bonds is 8. The van der Waals surface area contributed by atoms with Crippen molar-refractivity contribution in [3.05, 3.63) is 30.7 Å². The number of likely N-dealkylation sites (tertiary alicyclic amines) is 1. The maximum absolute atomic E-state index is 13.3. The molecule has 6 rings (SSSR count). The molecule has 0 saturated carbocycles. The zero-order chi connectivity index (χ0) is 28.5. The van der Waals surface area contributed by atoms with Crippen molar-refractivity contribution in [3.63, 3.8) is 0 Å². The van der Waals surface area contributed by atoms with Gasteiger partial charge in [-0.3, -0.25) is 14.3 Å². The van der Waals surface area contributed by atoms with Gasteiger partial charge in [0.05, 0.1) is 33.6 Å². The van der Waals surface area contributed by atoms with Crippen LogP contribution in [0, 0.1) is 5.92 Å². The fourth-order valence-corrected chi connectivity index (χ4v) is 7.64. The molecule has 0 bridgehead atoms. The van der Waals surface area contributed by atoms with E-state index in [0.717, 1.165) is 80.5 Å². The summed E-state index contributed by atoms with van der Waals surface area (Å²) in [6.07, 6.45) is 8.58. The summed E-state index contributed by atoms with van der Waals surface area (Å²) in [6.45, 7) is 4.23. The van der Waals surface area contributed by atoms with Crippen molar-refractivity contribution >= 4 is 69.1 Å². The maximum atomic E-state index is 13.3. The number of piperidine rings is 1. The van der Waals surface area contributed by atoms with E-state index in [1.54, 1.807) is 15.4 Å². The Morgan fingerprint density at radius 2 is 2.00 bits per heavy atom. The second kappa shape index (κ2) is 12.3. The van der Waals surface area contributed by atoms with Crippen LogP contribution in [0.25, 0.3) is 5.65 Å². The Kier molecular flexibility index (Phi) is 8.58. The Bertz CT molecular complexity index is 1390. The third-order valence-electron chi connectivity index (χ3n) is 8.20. The van der Waals surface area contributed by atoms with Gasteiger partial charge in [0, 0.05) is 63.7 Å². The number of likely N-dealkylation sites (N-methyl/N-ethyl adjacent to an activating group) is 2. The number of halogens is 1. The molecular weight excluding hydrogens is 655 g/mol. The number of hydrogen-bond donors (Lipinski definition) is 1. The Hall–Kier alpha value is -2.59. The number of piperazine rings is 1. The zero-order valence-corrected chi connectivity index (χ0v) is 26.5. The molecule has 2 atom stereocenters. The average molecular weight is 693 g/mol. The van der Waals surface area contributed by atoms with Crippen LogP contribution >= 0.6 is 34.4 Å².